The number of rotatable bonds is 3. The Hall–Kier alpha value is -2.08. The summed E-state index contributed by atoms with van der Waals surface area (Å²) in [4.78, 5) is 16.4. The van der Waals surface area contributed by atoms with Crippen LogP contribution >= 0.6 is 15.9 Å². The van der Waals surface area contributed by atoms with Crippen LogP contribution in [0.1, 0.15) is 23.2 Å². The van der Waals surface area contributed by atoms with Crippen LogP contribution in [0.5, 0.6) is 0 Å². The van der Waals surface area contributed by atoms with Crippen LogP contribution < -0.4 is 5.32 Å². The molecule has 5 nitrogen and oxygen atoms in total. The molecule has 20 heavy (non-hydrogen) atoms. The number of anilines is 1. The molecule has 2 aromatic heterocycles. The summed E-state index contributed by atoms with van der Waals surface area (Å²) in [7, 11) is 0. The molecule has 0 aliphatic heterocycles. The van der Waals surface area contributed by atoms with E-state index < -0.39 is 0 Å². The van der Waals surface area contributed by atoms with Gasteiger partial charge in [-0.25, -0.2) is 4.98 Å². The van der Waals surface area contributed by atoms with Gasteiger partial charge in [0.05, 0.1) is 11.8 Å². The number of nitrogens with one attached hydrogen (secondary N) is 1. The molecule has 3 aromatic rings. The van der Waals surface area contributed by atoms with Crippen molar-refractivity contribution in [2.75, 3.05) is 5.32 Å². The van der Waals surface area contributed by atoms with Gasteiger partial charge in [0.2, 0.25) is 0 Å². The van der Waals surface area contributed by atoms with E-state index in [1.165, 1.54) is 6.26 Å². The highest BCUT2D eigenvalue weighted by atomic mass is 79.9. The lowest BCUT2D eigenvalue weighted by molar-refractivity contribution is 0.102. The first-order valence-electron chi connectivity index (χ1n) is 6.11. The van der Waals surface area contributed by atoms with E-state index in [0.717, 1.165) is 11.9 Å². The largest absolute Gasteiger partial charge is 0.457 e. The van der Waals surface area contributed by atoms with Crippen molar-refractivity contribution in [1.82, 2.24) is 4.98 Å². The number of aromatic nitrogens is 1. The van der Waals surface area contributed by atoms with E-state index >= 15 is 0 Å². The third kappa shape index (κ3) is 2.34. The van der Waals surface area contributed by atoms with Gasteiger partial charge in [-0.15, -0.1) is 0 Å². The van der Waals surface area contributed by atoms with Crippen LogP contribution in [0.4, 0.5) is 5.69 Å². The maximum absolute atomic E-state index is 12.0. The van der Waals surface area contributed by atoms with E-state index in [9.17, 15) is 4.79 Å². The highest BCUT2D eigenvalue weighted by Crippen LogP contribution is 2.22. The maximum Gasteiger partial charge on any atom is 0.260 e. The second-order valence-electron chi connectivity index (χ2n) is 4.21. The Bertz CT molecular complexity index is 776. The molecule has 1 N–H and O–H groups in total. The molecule has 0 atom stereocenters. The topological polar surface area (TPSA) is 68.3 Å². The fourth-order valence-corrected chi connectivity index (χ4v) is 2.28. The number of hydrogen-bond donors (Lipinski definition) is 1. The summed E-state index contributed by atoms with van der Waals surface area (Å²) in [6.07, 6.45) is 2.19. The van der Waals surface area contributed by atoms with Crippen molar-refractivity contribution in [3.8, 4) is 0 Å². The molecule has 0 aliphatic carbocycles. The van der Waals surface area contributed by atoms with E-state index in [4.69, 9.17) is 8.83 Å². The summed E-state index contributed by atoms with van der Waals surface area (Å²) in [5.41, 5.74) is 2.54. The molecule has 3 rings (SSSR count). The van der Waals surface area contributed by atoms with Crippen molar-refractivity contribution in [3.63, 3.8) is 0 Å². The van der Waals surface area contributed by atoms with Crippen LogP contribution in [-0.4, -0.2) is 10.9 Å². The number of halogens is 1. The molecule has 102 valence electrons. The standard InChI is InChI=1S/C14H11BrN2O3/c1-2-12-17-10-7-8(3-4-11(10)20-12)16-14(18)9-5-6-19-13(9)15/h3-7H,2H2,1H3,(H,16,18). The Labute approximate surface area is 123 Å². The number of nitrogens with zero attached hydrogens (tertiary/aromatic N) is 1. The van der Waals surface area contributed by atoms with Gasteiger partial charge in [0.15, 0.2) is 16.1 Å². The number of carbonyl (C=O) groups is 1. The molecular formula is C14H11BrN2O3. The first-order valence-corrected chi connectivity index (χ1v) is 6.90. The second-order valence-corrected chi connectivity index (χ2v) is 4.93. The minimum Gasteiger partial charge on any atom is -0.457 e. The van der Waals surface area contributed by atoms with Crippen molar-refractivity contribution in [1.29, 1.82) is 0 Å². The summed E-state index contributed by atoms with van der Waals surface area (Å²) in [5.74, 6) is 0.435. The van der Waals surface area contributed by atoms with Crippen molar-refractivity contribution in [3.05, 3.63) is 46.7 Å². The van der Waals surface area contributed by atoms with E-state index in [0.29, 0.717) is 27.4 Å². The van der Waals surface area contributed by atoms with Crippen LogP contribution in [-0.2, 0) is 6.42 Å². The fraction of sp³-hybridized carbons (Fsp3) is 0.143. The normalized spacial score (nSPS) is 10.9. The summed E-state index contributed by atoms with van der Waals surface area (Å²) >= 11 is 3.18. The number of aryl methyl sites for hydroxylation is 1. The molecule has 1 amide bonds. The Kier molecular flexibility index (Phi) is 3.31. The zero-order valence-electron chi connectivity index (χ0n) is 10.6. The molecule has 0 spiro atoms. The van der Waals surface area contributed by atoms with Crippen molar-refractivity contribution >= 4 is 38.6 Å². The van der Waals surface area contributed by atoms with Gasteiger partial charge in [-0.1, -0.05) is 6.92 Å². The smallest absolute Gasteiger partial charge is 0.260 e. The van der Waals surface area contributed by atoms with Gasteiger partial charge in [0, 0.05) is 12.1 Å². The van der Waals surface area contributed by atoms with E-state index in [1.54, 1.807) is 24.3 Å². The van der Waals surface area contributed by atoms with Gasteiger partial charge < -0.3 is 14.2 Å². The van der Waals surface area contributed by atoms with Crippen molar-refractivity contribution in [2.45, 2.75) is 13.3 Å². The second kappa shape index (κ2) is 5.13. The van der Waals surface area contributed by atoms with E-state index in [-0.39, 0.29) is 5.91 Å². The zero-order valence-corrected chi connectivity index (χ0v) is 12.2. The Balaban J connectivity index is 1.87. The molecule has 0 saturated carbocycles. The van der Waals surface area contributed by atoms with Crippen LogP contribution in [0.15, 0.2) is 44.0 Å². The minimum absolute atomic E-state index is 0.246. The van der Waals surface area contributed by atoms with Crippen LogP contribution in [0.3, 0.4) is 0 Å². The van der Waals surface area contributed by atoms with E-state index in [2.05, 4.69) is 26.2 Å². The quantitative estimate of drug-likeness (QED) is 0.786. The molecule has 1 aromatic carbocycles. The third-order valence-corrected chi connectivity index (χ3v) is 3.47. The average Bonchev–Trinajstić information content (AvgIpc) is 3.03. The Morgan fingerprint density at radius 2 is 2.25 bits per heavy atom. The fourth-order valence-electron chi connectivity index (χ4n) is 1.86. The SMILES string of the molecule is CCc1nc2cc(NC(=O)c3ccoc3Br)ccc2o1. The Morgan fingerprint density at radius 1 is 1.40 bits per heavy atom. The van der Waals surface area contributed by atoms with Gasteiger partial charge in [0.25, 0.3) is 5.91 Å². The molecule has 0 fully saturated rings. The molecule has 2 heterocycles. The lowest BCUT2D eigenvalue weighted by Crippen LogP contribution is -2.11. The van der Waals surface area contributed by atoms with Gasteiger partial charge >= 0.3 is 0 Å². The third-order valence-electron chi connectivity index (χ3n) is 2.85. The number of amides is 1. The van der Waals surface area contributed by atoms with Gasteiger partial charge in [-0.2, -0.15) is 0 Å². The molecule has 0 radical (unpaired) electrons. The summed E-state index contributed by atoms with van der Waals surface area (Å²) in [6.45, 7) is 1.98. The van der Waals surface area contributed by atoms with Gasteiger partial charge in [-0.05, 0) is 40.2 Å². The van der Waals surface area contributed by atoms with Gasteiger partial charge in [0.1, 0.15) is 5.52 Å². The van der Waals surface area contributed by atoms with Crippen LogP contribution in [0.25, 0.3) is 11.1 Å². The first-order chi connectivity index (χ1) is 9.67. The maximum atomic E-state index is 12.0. The average molecular weight is 335 g/mol. The molecule has 0 aliphatic rings. The van der Waals surface area contributed by atoms with Crippen LogP contribution in [0, 0.1) is 0 Å². The number of carbonyl (C=O) groups excluding carboxylic acids is 1. The minimum atomic E-state index is -0.246. The summed E-state index contributed by atoms with van der Waals surface area (Å²) < 4.78 is 11.0. The number of hydrogen-bond acceptors (Lipinski definition) is 4. The number of furan rings is 1. The molecular weight excluding hydrogens is 324 g/mol. The molecule has 6 heteroatoms. The van der Waals surface area contributed by atoms with Crippen molar-refractivity contribution in [2.24, 2.45) is 0 Å². The highest BCUT2D eigenvalue weighted by Gasteiger charge is 2.13. The molecule has 0 unspecified atom stereocenters. The van der Waals surface area contributed by atoms with Crippen LogP contribution in [0.2, 0.25) is 0 Å². The number of fused-ring (bicyclic) bond motifs is 1. The number of oxazole rings is 1. The lowest BCUT2D eigenvalue weighted by Gasteiger charge is -2.03. The van der Waals surface area contributed by atoms with E-state index in [1.807, 2.05) is 6.92 Å². The number of benzene rings is 1. The zero-order chi connectivity index (χ0) is 14.1. The summed E-state index contributed by atoms with van der Waals surface area (Å²) in [5, 5.41) is 2.79. The highest BCUT2D eigenvalue weighted by molar-refractivity contribution is 9.10. The summed E-state index contributed by atoms with van der Waals surface area (Å²) in [6, 6.07) is 6.95. The Morgan fingerprint density at radius 3 is 2.95 bits per heavy atom. The first kappa shape index (κ1) is 12.9. The predicted octanol–water partition coefficient (Wildman–Crippen LogP) is 4.00. The molecule has 0 saturated heterocycles. The van der Waals surface area contributed by atoms with Crippen molar-refractivity contribution < 1.29 is 13.6 Å². The lowest BCUT2D eigenvalue weighted by atomic mass is 10.2. The predicted molar refractivity (Wildman–Crippen MR) is 77.7 cm³/mol. The monoisotopic (exact) mass is 334 g/mol. The molecule has 0 bridgehead atoms. The van der Waals surface area contributed by atoms with Gasteiger partial charge in [-0.3, -0.25) is 4.79 Å².